The molecule has 1 amide bonds. The summed E-state index contributed by atoms with van der Waals surface area (Å²) in [6, 6.07) is 3.00. The van der Waals surface area contributed by atoms with E-state index in [1.807, 2.05) is 0 Å². The van der Waals surface area contributed by atoms with Crippen LogP contribution in [-0.4, -0.2) is 24.0 Å². The summed E-state index contributed by atoms with van der Waals surface area (Å²) in [5.41, 5.74) is 1.64. The van der Waals surface area contributed by atoms with Crippen LogP contribution in [0.4, 0.5) is 5.00 Å². The average Bonchev–Trinajstić information content (AvgIpc) is 2.75. The fourth-order valence-electron chi connectivity index (χ4n) is 2.90. The molecular weight excluding hydrogens is 383 g/mol. The number of pyridine rings is 1. The fourth-order valence-corrected chi connectivity index (χ4v) is 4.60. The first-order valence-electron chi connectivity index (χ1n) is 7.87. The number of carbonyl (C=O) groups excluding carboxylic acids is 2. The van der Waals surface area contributed by atoms with E-state index in [1.54, 1.807) is 0 Å². The largest absolute Gasteiger partial charge is 0.465 e. The normalized spacial score (nSPS) is 13.7. The number of fused-ring (bicyclic) bond motifs is 1. The second-order valence-corrected chi connectivity index (χ2v) is 7.54. The van der Waals surface area contributed by atoms with Gasteiger partial charge in [-0.15, -0.1) is 11.3 Å². The molecule has 0 unspecified atom stereocenters. The summed E-state index contributed by atoms with van der Waals surface area (Å²) in [4.78, 5) is 29.9. The Bertz CT molecular complexity index is 836. The van der Waals surface area contributed by atoms with Gasteiger partial charge in [0, 0.05) is 4.88 Å². The molecule has 3 rings (SSSR count). The van der Waals surface area contributed by atoms with Crippen LogP contribution in [0, 0.1) is 0 Å². The molecule has 8 heteroatoms. The number of thiophene rings is 1. The first kappa shape index (κ1) is 18.2. The lowest BCUT2D eigenvalue weighted by Gasteiger charge is -2.08. The second kappa shape index (κ2) is 7.72. The van der Waals surface area contributed by atoms with Gasteiger partial charge in [-0.1, -0.05) is 29.6 Å². The lowest BCUT2D eigenvalue weighted by Crippen LogP contribution is -2.15. The second-order valence-electron chi connectivity index (χ2n) is 5.69. The van der Waals surface area contributed by atoms with E-state index in [4.69, 9.17) is 27.9 Å². The first-order valence-corrected chi connectivity index (χ1v) is 9.44. The lowest BCUT2D eigenvalue weighted by molar-refractivity contribution is 0.0601. The summed E-state index contributed by atoms with van der Waals surface area (Å²) in [6.45, 7) is 0. The number of carbonyl (C=O) groups is 2. The smallest absolute Gasteiger partial charge is 0.341 e. The number of halogens is 2. The van der Waals surface area contributed by atoms with Crippen molar-refractivity contribution in [1.29, 1.82) is 0 Å². The zero-order valence-corrected chi connectivity index (χ0v) is 15.9. The third kappa shape index (κ3) is 3.81. The molecule has 25 heavy (non-hydrogen) atoms. The highest BCUT2D eigenvalue weighted by atomic mass is 35.5. The van der Waals surface area contributed by atoms with Crippen molar-refractivity contribution in [3.63, 3.8) is 0 Å². The van der Waals surface area contributed by atoms with Crippen LogP contribution < -0.4 is 5.32 Å². The Kier molecular flexibility index (Phi) is 5.61. The van der Waals surface area contributed by atoms with Crippen LogP contribution in [-0.2, 0) is 17.6 Å². The standard InChI is InChI=1S/C17H16Cl2N2O3S/c1-24-17(23)13-9-5-3-2-4-6-11(9)25-16(13)21-15(22)10-7-8-12(18)20-14(10)19/h7-8H,2-6H2,1H3,(H,21,22). The Balaban J connectivity index is 1.96. The Labute approximate surface area is 159 Å². The number of hydrogen-bond donors (Lipinski definition) is 1. The number of nitrogens with one attached hydrogen (secondary N) is 1. The van der Waals surface area contributed by atoms with Gasteiger partial charge in [-0.05, 0) is 43.4 Å². The van der Waals surface area contributed by atoms with Gasteiger partial charge in [0.2, 0.25) is 0 Å². The van der Waals surface area contributed by atoms with Crippen molar-refractivity contribution in [3.05, 3.63) is 44.0 Å². The summed E-state index contributed by atoms with van der Waals surface area (Å²) in [7, 11) is 1.34. The van der Waals surface area contributed by atoms with E-state index >= 15 is 0 Å². The highest BCUT2D eigenvalue weighted by Crippen LogP contribution is 2.38. The highest BCUT2D eigenvalue weighted by molar-refractivity contribution is 7.17. The van der Waals surface area contributed by atoms with Gasteiger partial charge < -0.3 is 10.1 Å². The summed E-state index contributed by atoms with van der Waals surface area (Å²) in [6.07, 6.45) is 4.96. The van der Waals surface area contributed by atoms with E-state index in [0.717, 1.165) is 42.5 Å². The van der Waals surface area contributed by atoms with Crippen molar-refractivity contribution in [2.24, 2.45) is 0 Å². The van der Waals surface area contributed by atoms with Crippen LogP contribution in [0.5, 0.6) is 0 Å². The number of rotatable bonds is 3. The van der Waals surface area contributed by atoms with Crippen molar-refractivity contribution in [2.45, 2.75) is 32.1 Å². The minimum atomic E-state index is -0.435. The van der Waals surface area contributed by atoms with Gasteiger partial charge in [0.25, 0.3) is 5.91 Å². The lowest BCUT2D eigenvalue weighted by atomic mass is 10.1. The zero-order valence-electron chi connectivity index (χ0n) is 13.5. The highest BCUT2D eigenvalue weighted by Gasteiger charge is 2.27. The van der Waals surface area contributed by atoms with Gasteiger partial charge in [-0.2, -0.15) is 0 Å². The molecule has 2 aromatic heterocycles. The first-order chi connectivity index (χ1) is 12.0. The Morgan fingerprint density at radius 3 is 2.68 bits per heavy atom. The van der Waals surface area contributed by atoms with Crippen LogP contribution in [0.2, 0.25) is 10.3 Å². The molecular formula is C17H16Cl2N2O3S. The Morgan fingerprint density at radius 2 is 1.96 bits per heavy atom. The number of esters is 1. The molecule has 0 aliphatic heterocycles. The number of ether oxygens (including phenoxy) is 1. The minimum Gasteiger partial charge on any atom is -0.465 e. The van der Waals surface area contributed by atoms with Crippen LogP contribution >= 0.6 is 34.5 Å². The van der Waals surface area contributed by atoms with Crippen molar-refractivity contribution in [3.8, 4) is 0 Å². The number of nitrogens with zero attached hydrogens (tertiary/aromatic N) is 1. The molecule has 1 aliphatic carbocycles. The van der Waals surface area contributed by atoms with Gasteiger partial charge in [0.15, 0.2) is 0 Å². The molecule has 0 bridgehead atoms. The Hall–Kier alpha value is -1.63. The zero-order chi connectivity index (χ0) is 18.0. The minimum absolute atomic E-state index is 0.0164. The van der Waals surface area contributed by atoms with Gasteiger partial charge in [0.1, 0.15) is 15.3 Å². The van der Waals surface area contributed by atoms with Gasteiger partial charge in [0.05, 0.1) is 18.2 Å². The van der Waals surface area contributed by atoms with E-state index in [2.05, 4.69) is 10.3 Å². The molecule has 0 aromatic carbocycles. The van der Waals surface area contributed by atoms with Crippen LogP contribution in [0.3, 0.4) is 0 Å². The number of hydrogen-bond acceptors (Lipinski definition) is 5. The summed E-state index contributed by atoms with van der Waals surface area (Å²) in [5.74, 6) is -0.870. The molecule has 0 spiro atoms. The molecule has 1 N–H and O–H groups in total. The van der Waals surface area contributed by atoms with Crippen molar-refractivity contribution >= 4 is 51.4 Å². The van der Waals surface area contributed by atoms with Crippen LogP contribution in [0.15, 0.2) is 12.1 Å². The van der Waals surface area contributed by atoms with Crippen molar-refractivity contribution < 1.29 is 14.3 Å². The van der Waals surface area contributed by atoms with E-state index < -0.39 is 11.9 Å². The predicted octanol–water partition coefficient (Wildman–Crippen LogP) is 4.76. The maximum absolute atomic E-state index is 12.6. The summed E-state index contributed by atoms with van der Waals surface area (Å²) < 4.78 is 4.93. The molecule has 132 valence electrons. The molecule has 2 heterocycles. The topological polar surface area (TPSA) is 68.3 Å². The molecule has 1 aliphatic rings. The number of amides is 1. The van der Waals surface area contributed by atoms with Gasteiger partial charge in [-0.3, -0.25) is 4.79 Å². The average molecular weight is 399 g/mol. The fraction of sp³-hybridized carbons (Fsp3) is 0.353. The molecule has 5 nitrogen and oxygen atoms in total. The maximum Gasteiger partial charge on any atom is 0.341 e. The quantitative estimate of drug-likeness (QED) is 0.459. The van der Waals surface area contributed by atoms with E-state index in [9.17, 15) is 9.59 Å². The molecule has 0 fully saturated rings. The van der Waals surface area contributed by atoms with E-state index in [0.29, 0.717) is 10.6 Å². The molecule has 0 saturated carbocycles. The SMILES string of the molecule is COC(=O)c1c(NC(=O)c2ccc(Cl)nc2Cl)sc2c1CCCCC2. The summed E-state index contributed by atoms with van der Waals surface area (Å²) in [5, 5.41) is 3.51. The third-order valence-corrected chi connectivity index (χ3v) is 5.80. The number of aromatic nitrogens is 1. The van der Waals surface area contributed by atoms with Crippen LogP contribution in [0.25, 0.3) is 0 Å². The Morgan fingerprint density at radius 1 is 1.20 bits per heavy atom. The van der Waals surface area contributed by atoms with Crippen molar-refractivity contribution in [1.82, 2.24) is 4.98 Å². The molecule has 0 atom stereocenters. The molecule has 2 aromatic rings. The van der Waals surface area contributed by atoms with Gasteiger partial charge in [-0.25, -0.2) is 9.78 Å². The monoisotopic (exact) mass is 398 g/mol. The number of methoxy groups -OCH3 is 1. The van der Waals surface area contributed by atoms with Gasteiger partial charge >= 0.3 is 5.97 Å². The van der Waals surface area contributed by atoms with E-state index in [-0.39, 0.29) is 15.9 Å². The molecule has 0 saturated heterocycles. The summed E-state index contributed by atoms with van der Waals surface area (Å²) >= 11 is 13.2. The predicted molar refractivity (Wildman–Crippen MR) is 99.1 cm³/mol. The van der Waals surface area contributed by atoms with Crippen molar-refractivity contribution in [2.75, 3.05) is 12.4 Å². The molecule has 0 radical (unpaired) electrons. The number of anilines is 1. The maximum atomic E-state index is 12.6. The van der Waals surface area contributed by atoms with Crippen LogP contribution in [0.1, 0.15) is 50.4 Å². The van der Waals surface area contributed by atoms with E-state index in [1.165, 1.54) is 30.6 Å². The third-order valence-electron chi connectivity index (χ3n) is 4.10. The number of aryl methyl sites for hydroxylation is 1.